The Kier molecular flexibility index (Phi) is 2.58. The summed E-state index contributed by atoms with van der Waals surface area (Å²) in [5, 5.41) is 0. The third-order valence-electron chi connectivity index (χ3n) is 2.94. The van der Waals surface area contributed by atoms with Crippen LogP contribution in [-0.4, -0.2) is 24.0 Å². The molecule has 0 unspecified atom stereocenters. The van der Waals surface area contributed by atoms with Gasteiger partial charge in [-0.25, -0.2) is 0 Å². The fourth-order valence-corrected chi connectivity index (χ4v) is 1.68. The Morgan fingerprint density at radius 3 is 1.91 bits per heavy atom. The molecule has 1 aliphatic rings. The predicted octanol–water partition coefficient (Wildman–Crippen LogP) is 2.52. The van der Waals surface area contributed by atoms with E-state index in [4.69, 9.17) is 0 Å². The van der Waals surface area contributed by atoms with Crippen molar-refractivity contribution in [3.63, 3.8) is 0 Å². The van der Waals surface area contributed by atoms with Crippen molar-refractivity contribution in [3.05, 3.63) is 0 Å². The molecule has 66 valence electrons. The van der Waals surface area contributed by atoms with Crippen LogP contribution >= 0.6 is 0 Å². The maximum Gasteiger partial charge on any atom is 0.0115 e. The van der Waals surface area contributed by atoms with Gasteiger partial charge >= 0.3 is 0 Å². The first-order valence-corrected chi connectivity index (χ1v) is 4.76. The number of rotatable bonds is 1. The summed E-state index contributed by atoms with van der Waals surface area (Å²) in [7, 11) is 0. The Bertz CT molecular complexity index is 117. The zero-order valence-corrected chi connectivity index (χ0v) is 8.35. The highest BCUT2D eigenvalue weighted by Gasteiger charge is 2.27. The summed E-state index contributed by atoms with van der Waals surface area (Å²) >= 11 is 0. The van der Waals surface area contributed by atoms with Gasteiger partial charge in [0.1, 0.15) is 0 Å². The minimum atomic E-state index is 0.449. The van der Waals surface area contributed by atoms with Gasteiger partial charge in [0.25, 0.3) is 0 Å². The van der Waals surface area contributed by atoms with E-state index in [9.17, 15) is 0 Å². The van der Waals surface area contributed by atoms with Crippen LogP contribution in [0, 0.1) is 5.41 Å². The van der Waals surface area contributed by atoms with E-state index in [2.05, 4.69) is 32.6 Å². The van der Waals surface area contributed by atoms with E-state index < -0.39 is 0 Å². The molecule has 11 heavy (non-hydrogen) atoms. The van der Waals surface area contributed by atoms with E-state index in [0.29, 0.717) is 5.41 Å². The summed E-state index contributed by atoms with van der Waals surface area (Å²) in [6.45, 7) is 12.0. The molecule has 1 rings (SSSR count). The lowest BCUT2D eigenvalue weighted by atomic mass is 9.87. The standard InChI is InChI=1S/C10H21N/c1-9(10(2,3)4)11-7-5-6-8-11/h9H,5-8H2,1-4H3/t9-/m0/s1. The fourth-order valence-electron chi connectivity index (χ4n) is 1.68. The Morgan fingerprint density at radius 2 is 1.55 bits per heavy atom. The first-order valence-electron chi connectivity index (χ1n) is 4.76. The first-order chi connectivity index (χ1) is 5.02. The molecule has 0 saturated carbocycles. The second kappa shape index (κ2) is 3.14. The summed E-state index contributed by atoms with van der Waals surface area (Å²) in [4.78, 5) is 2.61. The number of hydrogen-bond acceptors (Lipinski definition) is 1. The minimum absolute atomic E-state index is 0.449. The van der Waals surface area contributed by atoms with E-state index in [0.717, 1.165) is 6.04 Å². The molecule has 1 saturated heterocycles. The van der Waals surface area contributed by atoms with Crippen molar-refractivity contribution in [3.8, 4) is 0 Å². The van der Waals surface area contributed by atoms with Gasteiger partial charge in [-0.2, -0.15) is 0 Å². The van der Waals surface area contributed by atoms with Crippen LogP contribution in [0.1, 0.15) is 40.5 Å². The monoisotopic (exact) mass is 155 g/mol. The Labute approximate surface area is 70.8 Å². The highest BCUT2D eigenvalue weighted by Crippen LogP contribution is 2.26. The quantitative estimate of drug-likeness (QED) is 0.562. The fraction of sp³-hybridized carbons (Fsp3) is 1.00. The van der Waals surface area contributed by atoms with Gasteiger partial charge in [-0.3, -0.25) is 0 Å². The molecule has 0 spiro atoms. The summed E-state index contributed by atoms with van der Waals surface area (Å²) < 4.78 is 0. The first kappa shape index (κ1) is 9.05. The van der Waals surface area contributed by atoms with Crippen molar-refractivity contribution in [2.24, 2.45) is 5.41 Å². The maximum absolute atomic E-state index is 2.61. The van der Waals surface area contributed by atoms with Crippen molar-refractivity contribution in [1.29, 1.82) is 0 Å². The molecule has 0 radical (unpaired) electrons. The third-order valence-corrected chi connectivity index (χ3v) is 2.94. The molecule has 0 N–H and O–H groups in total. The van der Waals surface area contributed by atoms with Gasteiger partial charge in [-0.1, -0.05) is 20.8 Å². The number of hydrogen-bond donors (Lipinski definition) is 0. The van der Waals surface area contributed by atoms with Crippen molar-refractivity contribution in [1.82, 2.24) is 4.90 Å². The summed E-state index contributed by atoms with van der Waals surface area (Å²) in [5.41, 5.74) is 0.449. The lowest BCUT2D eigenvalue weighted by Gasteiger charge is -2.35. The Hall–Kier alpha value is -0.0400. The van der Waals surface area contributed by atoms with Crippen molar-refractivity contribution in [2.75, 3.05) is 13.1 Å². The lowest BCUT2D eigenvalue weighted by Crippen LogP contribution is -2.39. The molecule has 1 atom stereocenters. The smallest absolute Gasteiger partial charge is 0.0115 e. The van der Waals surface area contributed by atoms with Crippen LogP contribution in [0.2, 0.25) is 0 Å². The predicted molar refractivity (Wildman–Crippen MR) is 49.7 cm³/mol. The molecule has 0 aromatic rings. The maximum atomic E-state index is 2.61. The second-order valence-electron chi connectivity index (χ2n) is 4.79. The van der Waals surface area contributed by atoms with E-state index >= 15 is 0 Å². The Balaban J connectivity index is 2.46. The molecule has 0 aromatic heterocycles. The van der Waals surface area contributed by atoms with Gasteiger partial charge in [0, 0.05) is 6.04 Å². The zero-order valence-electron chi connectivity index (χ0n) is 8.35. The van der Waals surface area contributed by atoms with Gasteiger partial charge < -0.3 is 4.90 Å². The van der Waals surface area contributed by atoms with Gasteiger partial charge in [0.05, 0.1) is 0 Å². The molecule has 1 heteroatoms. The highest BCUT2D eigenvalue weighted by molar-refractivity contribution is 4.81. The normalized spacial score (nSPS) is 24.0. The van der Waals surface area contributed by atoms with E-state index in [1.165, 1.54) is 25.9 Å². The molecule has 1 aliphatic heterocycles. The topological polar surface area (TPSA) is 3.24 Å². The summed E-state index contributed by atoms with van der Waals surface area (Å²) in [6, 6.07) is 0.741. The van der Waals surface area contributed by atoms with E-state index in [-0.39, 0.29) is 0 Å². The second-order valence-corrected chi connectivity index (χ2v) is 4.79. The van der Waals surface area contributed by atoms with Gasteiger partial charge in [0.15, 0.2) is 0 Å². The van der Waals surface area contributed by atoms with Crippen LogP contribution in [0.25, 0.3) is 0 Å². The van der Waals surface area contributed by atoms with E-state index in [1.807, 2.05) is 0 Å². The largest absolute Gasteiger partial charge is 0.300 e. The van der Waals surface area contributed by atoms with Crippen molar-refractivity contribution < 1.29 is 0 Å². The van der Waals surface area contributed by atoms with E-state index in [1.54, 1.807) is 0 Å². The molecule has 1 nitrogen and oxygen atoms in total. The minimum Gasteiger partial charge on any atom is -0.300 e. The van der Waals surface area contributed by atoms with Crippen molar-refractivity contribution >= 4 is 0 Å². The third kappa shape index (κ3) is 2.19. The van der Waals surface area contributed by atoms with Gasteiger partial charge in [-0.05, 0) is 38.3 Å². The van der Waals surface area contributed by atoms with Gasteiger partial charge in [0.2, 0.25) is 0 Å². The van der Waals surface area contributed by atoms with Gasteiger partial charge in [-0.15, -0.1) is 0 Å². The highest BCUT2D eigenvalue weighted by atomic mass is 15.2. The van der Waals surface area contributed by atoms with Crippen LogP contribution in [-0.2, 0) is 0 Å². The Morgan fingerprint density at radius 1 is 1.09 bits per heavy atom. The molecule has 1 heterocycles. The molecule has 0 amide bonds. The molecular weight excluding hydrogens is 134 g/mol. The summed E-state index contributed by atoms with van der Waals surface area (Å²) in [5.74, 6) is 0. The average molecular weight is 155 g/mol. The van der Waals surface area contributed by atoms with Crippen LogP contribution < -0.4 is 0 Å². The van der Waals surface area contributed by atoms with Crippen LogP contribution in [0.5, 0.6) is 0 Å². The van der Waals surface area contributed by atoms with Crippen molar-refractivity contribution in [2.45, 2.75) is 46.6 Å². The zero-order chi connectivity index (χ0) is 8.48. The number of likely N-dealkylation sites (tertiary alicyclic amines) is 1. The molecule has 0 bridgehead atoms. The molecular formula is C10H21N. The molecule has 0 aromatic carbocycles. The number of nitrogens with zero attached hydrogens (tertiary/aromatic N) is 1. The molecule has 1 fully saturated rings. The average Bonchev–Trinajstić information content (AvgIpc) is 2.34. The van der Waals surface area contributed by atoms with Crippen LogP contribution in [0.15, 0.2) is 0 Å². The SMILES string of the molecule is C[C@H](N1CCCC1)C(C)(C)C. The lowest BCUT2D eigenvalue weighted by molar-refractivity contribution is 0.140. The van der Waals surface area contributed by atoms with Crippen LogP contribution in [0.4, 0.5) is 0 Å². The summed E-state index contributed by atoms with van der Waals surface area (Å²) in [6.07, 6.45) is 2.81. The molecule has 0 aliphatic carbocycles. The van der Waals surface area contributed by atoms with Crippen LogP contribution in [0.3, 0.4) is 0 Å².